The summed E-state index contributed by atoms with van der Waals surface area (Å²) in [4.78, 5) is 76.0. The number of esters is 6. The van der Waals surface area contributed by atoms with E-state index in [0.29, 0.717) is 91.9 Å². The van der Waals surface area contributed by atoms with Crippen LogP contribution >= 0.6 is 0 Å². The van der Waals surface area contributed by atoms with Crippen molar-refractivity contribution in [1.29, 1.82) is 0 Å². The van der Waals surface area contributed by atoms with E-state index in [-0.39, 0.29) is 99.2 Å². The minimum Gasteiger partial charge on any atom is -0.460 e. The second-order valence-corrected chi connectivity index (χ2v) is 49.2. The molecular weight excluding hydrogens is 2010 g/mol. The fourth-order valence-electron chi connectivity index (χ4n) is 27.1. The largest absolute Gasteiger partial charge is 0.460 e. The van der Waals surface area contributed by atoms with Gasteiger partial charge in [-0.2, -0.15) is 65.9 Å². The quantitative estimate of drug-likeness (QED) is 0.0129. The fourth-order valence-corrected chi connectivity index (χ4v) is 27.1. The summed E-state index contributed by atoms with van der Waals surface area (Å²) in [6.07, 6.45) is -28.7. The molecule has 0 saturated heterocycles. The zero-order valence-corrected chi connectivity index (χ0v) is 94.4. The van der Waals surface area contributed by atoms with Crippen LogP contribution < -0.4 is 0 Å². The standard InChI is InChI=1S/C40H64F6O10.C36H59F3O8.C33H52F6O8/c1-23(2)28(48)52-16-27(47)56-38-20-35(30(8,9)53-24(3)29(6,7)49)17-36(21-38,31(10,11)54-25(4)33(14,50)39(41,42)43)19-37(18-35,22-38)32(12,13)55-26(5)34(15,51)40(44,45)46;1-12-34(13-2,45-24(7)29(9,10)42)31-16-26-17-32(20-31,35(14-3,15-4)46-25(8)30(11,43)36(37,38)39)22-33(18-26,21-31)47-27(40)19-44-28(41)23(5)6;1-11-30(12-2,46-19(7)28(9,42)32(34,35)36)25-21-15-22(23(16-21)45-24(40)17-44-27(41)18(5)6)26(25)31(13-3,14-4)47-20(8)29(10,43)33(37,38)39/h24-26,49-51H,1,16-22H2,2-15H3;24-26,42-43H,5,12-22H2,1-4,6-11H3;19-23,25-26,42-43H,5,11-17H2,1-4,6-10H3. The molecule has 10 fully saturated rings. The first-order valence-electron chi connectivity index (χ1n) is 52.6. The van der Waals surface area contributed by atoms with Gasteiger partial charge in [-0.1, -0.05) is 75.1 Å². The number of carbonyl (C=O) groups is 6. The Kier molecular flexibility index (Phi) is 39.9. The van der Waals surface area contributed by atoms with Crippen LogP contribution in [0.25, 0.3) is 0 Å². The van der Waals surface area contributed by atoms with Crippen LogP contribution in [0.1, 0.15) is 370 Å². The number of hydrogen-bond acceptors (Lipinski definition) is 26. The predicted molar refractivity (Wildman–Crippen MR) is 524 cm³/mol. The third-order valence-corrected chi connectivity index (χ3v) is 37.4. The second-order valence-electron chi connectivity index (χ2n) is 49.2. The van der Waals surface area contributed by atoms with Crippen molar-refractivity contribution in [3.8, 4) is 0 Å². The molecular formula is C109H175F15O26. The molecule has 0 aromatic rings. The topological polar surface area (TPSA) is 364 Å². The van der Waals surface area contributed by atoms with Gasteiger partial charge in [0.05, 0.1) is 93.1 Å². The van der Waals surface area contributed by atoms with Crippen LogP contribution in [0.3, 0.4) is 0 Å². The van der Waals surface area contributed by atoms with Gasteiger partial charge in [0.15, 0.2) is 47.8 Å². The van der Waals surface area contributed by atoms with E-state index in [0.717, 1.165) is 41.0 Å². The van der Waals surface area contributed by atoms with Crippen LogP contribution in [0, 0.1) is 56.7 Å². The second kappa shape index (κ2) is 44.9. The predicted octanol–water partition coefficient (Wildman–Crippen LogP) is 21.9. The van der Waals surface area contributed by atoms with E-state index >= 15 is 0 Å². The van der Waals surface area contributed by atoms with Crippen molar-refractivity contribution < 1.29 is 192 Å². The van der Waals surface area contributed by atoms with Gasteiger partial charge in [0.25, 0.3) is 0 Å². The van der Waals surface area contributed by atoms with Gasteiger partial charge in [-0.15, -0.1) is 0 Å². The van der Waals surface area contributed by atoms with Gasteiger partial charge < -0.3 is 97.3 Å². The van der Waals surface area contributed by atoms with E-state index in [1.807, 2.05) is 34.6 Å². The molecule has 23 unspecified atom stereocenters. The molecule has 10 aliphatic rings. The van der Waals surface area contributed by atoms with Crippen LogP contribution in [0.2, 0.25) is 0 Å². The number of hydrogen-bond donors (Lipinski definition) is 7. The molecule has 10 bridgehead atoms. The van der Waals surface area contributed by atoms with Crippen LogP contribution in [-0.2, 0) is 90.3 Å². The van der Waals surface area contributed by atoms with Gasteiger partial charge in [-0.3, -0.25) is 0 Å². The first-order valence-corrected chi connectivity index (χ1v) is 52.6. The zero-order chi connectivity index (χ0) is 117. The van der Waals surface area contributed by atoms with Gasteiger partial charge in [0.2, 0.25) is 0 Å². The van der Waals surface area contributed by atoms with Crippen molar-refractivity contribution in [2.24, 2.45) is 56.7 Å². The Balaban J connectivity index is 0.000000345. The summed E-state index contributed by atoms with van der Waals surface area (Å²) in [6, 6.07) is 0. The molecule has 10 rings (SSSR count). The molecule has 26 nitrogen and oxygen atoms in total. The first kappa shape index (κ1) is 133. The maximum atomic E-state index is 14.2. The van der Waals surface area contributed by atoms with Crippen LogP contribution in [-0.4, -0.2) is 261 Å². The highest BCUT2D eigenvalue weighted by Crippen LogP contribution is 2.81. The summed E-state index contributed by atoms with van der Waals surface area (Å²) >= 11 is 0. The molecule has 0 spiro atoms. The fraction of sp³-hybridized carbons (Fsp3) is 0.890. The zero-order valence-electron chi connectivity index (χ0n) is 94.4. The highest BCUT2D eigenvalue weighted by Gasteiger charge is 2.81. The summed E-state index contributed by atoms with van der Waals surface area (Å²) in [5.41, 5.74) is -34.7. The minimum absolute atomic E-state index is 0.000575. The summed E-state index contributed by atoms with van der Waals surface area (Å²) in [6.45, 7) is 56.4. The Morgan fingerprint density at radius 3 is 0.840 bits per heavy atom. The normalized spacial score (nSPS) is 29.8. The molecule has 150 heavy (non-hydrogen) atoms. The summed E-state index contributed by atoms with van der Waals surface area (Å²) in [7, 11) is 0. The molecule has 0 heterocycles. The first-order chi connectivity index (χ1) is 67.3. The molecule has 7 N–H and O–H groups in total. The molecule has 41 heteroatoms. The lowest BCUT2D eigenvalue weighted by atomic mass is 9.31. The molecule has 0 aromatic heterocycles. The van der Waals surface area contributed by atoms with Crippen molar-refractivity contribution in [2.75, 3.05) is 19.8 Å². The van der Waals surface area contributed by atoms with E-state index in [9.17, 15) is 130 Å². The summed E-state index contributed by atoms with van der Waals surface area (Å²) in [5.74, 6) is -6.95. The summed E-state index contributed by atoms with van der Waals surface area (Å²) in [5, 5.41) is 75.1. The van der Waals surface area contributed by atoms with E-state index in [2.05, 4.69) is 19.7 Å². The Hall–Kier alpha value is -5.57. The lowest BCUT2D eigenvalue weighted by molar-refractivity contribution is -0.370. The van der Waals surface area contributed by atoms with Crippen LogP contribution in [0.5, 0.6) is 0 Å². The van der Waals surface area contributed by atoms with Gasteiger partial charge in [0.1, 0.15) is 17.3 Å². The molecule has 872 valence electrons. The number of rotatable bonds is 48. The van der Waals surface area contributed by atoms with Crippen LogP contribution in [0.15, 0.2) is 36.5 Å². The maximum Gasteiger partial charge on any atom is 0.419 e. The van der Waals surface area contributed by atoms with Crippen molar-refractivity contribution in [1.82, 2.24) is 0 Å². The highest BCUT2D eigenvalue weighted by atomic mass is 19.4. The smallest absolute Gasteiger partial charge is 0.419 e. The average Bonchev–Trinajstić information content (AvgIpc) is 0.787. The van der Waals surface area contributed by atoms with Crippen molar-refractivity contribution in [2.45, 2.75) is 539 Å². The third kappa shape index (κ3) is 25.9. The molecule has 0 aromatic carbocycles. The molecule has 23 atom stereocenters. The van der Waals surface area contributed by atoms with Gasteiger partial charge in [-0.05, 0) is 332 Å². The number of alkyl halides is 15. The van der Waals surface area contributed by atoms with E-state index in [4.69, 9.17) is 61.6 Å². The van der Waals surface area contributed by atoms with Gasteiger partial charge >= 0.3 is 66.7 Å². The van der Waals surface area contributed by atoms with Crippen LogP contribution in [0.4, 0.5) is 65.9 Å². The number of ether oxygens (including phenoxy) is 13. The van der Waals surface area contributed by atoms with Crippen molar-refractivity contribution in [3.63, 3.8) is 0 Å². The number of fused-ring (bicyclic) bond motifs is 2. The molecule has 0 radical (unpaired) electrons. The maximum absolute atomic E-state index is 14.2. The number of carbonyl (C=O) groups excluding carboxylic acids is 6. The lowest BCUT2D eigenvalue weighted by Crippen LogP contribution is -2.77. The molecule has 10 saturated carbocycles. The molecule has 0 aliphatic heterocycles. The Bertz CT molecular complexity index is 4630. The monoisotopic (exact) mass is 2190 g/mol. The average molecular weight is 2190 g/mol. The Morgan fingerprint density at radius 2 is 0.560 bits per heavy atom. The molecule has 10 aliphatic carbocycles. The number of halogens is 15. The van der Waals surface area contributed by atoms with Crippen molar-refractivity contribution in [3.05, 3.63) is 36.5 Å². The van der Waals surface area contributed by atoms with E-state index < -0.39 is 270 Å². The Morgan fingerprint density at radius 1 is 0.313 bits per heavy atom. The van der Waals surface area contributed by atoms with E-state index in [1.54, 1.807) is 104 Å². The van der Waals surface area contributed by atoms with E-state index in [1.165, 1.54) is 27.7 Å². The SMILES string of the molecule is C=C(C)C(=O)OCC(=O)OC12CC3(C(C)(C)OC(C)C(C)(C)O)CC(C(C)(C)OC(C)C(C)(O)C(F)(F)F)(C1)CC(C(C)(C)OC(C)C(C)(O)C(F)(F)F)(C2)C3.C=C(C)C(=O)OCC(=O)OC12CC3CC(C(CC)(CC)OC(C)C(C)(C)O)(C1)CC(C(CC)(CC)OC(C)C(C)(O)C(F)(F)F)(C3)C2.C=C(C)C(=O)OCC(=O)OC1CC2CC1C(C(CC)(CC)OC(C)C(C)(O)C(F)(F)F)C2C(CC)(CC)OC(C)C(C)(O)C(F)(F)F. The highest BCUT2D eigenvalue weighted by molar-refractivity contribution is 5.90. The van der Waals surface area contributed by atoms with Crippen molar-refractivity contribution >= 4 is 35.8 Å². The number of aliphatic hydroxyl groups is 7. The Labute approximate surface area is 876 Å². The van der Waals surface area contributed by atoms with Gasteiger partial charge in [-0.25, -0.2) is 28.8 Å². The van der Waals surface area contributed by atoms with Gasteiger partial charge in [0, 0.05) is 55.6 Å². The lowest BCUT2D eigenvalue weighted by Gasteiger charge is -2.77. The third-order valence-electron chi connectivity index (χ3n) is 37.4. The minimum atomic E-state index is -5.09. The summed E-state index contributed by atoms with van der Waals surface area (Å²) < 4.78 is 290. The molecule has 0 amide bonds.